The molecular weight excluding hydrogens is 466 g/mol. The minimum atomic E-state index is -0.955. The molecule has 0 radical (unpaired) electrons. The van der Waals surface area contributed by atoms with E-state index in [1.807, 2.05) is 12.1 Å². The van der Waals surface area contributed by atoms with Gasteiger partial charge in [0.25, 0.3) is 0 Å². The zero-order valence-electron chi connectivity index (χ0n) is 20.2. The molecule has 1 aromatic heterocycles. The number of aromatic nitrogens is 1. The summed E-state index contributed by atoms with van der Waals surface area (Å²) in [6.07, 6.45) is 2.75. The van der Waals surface area contributed by atoms with Crippen molar-refractivity contribution in [2.75, 3.05) is 50.6 Å². The molecule has 192 valence electrons. The third kappa shape index (κ3) is 5.25. The van der Waals surface area contributed by atoms with Crippen molar-refractivity contribution in [1.82, 2.24) is 14.8 Å². The predicted molar refractivity (Wildman–Crippen MR) is 132 cm³/mol. The first-order valence-electron chi connectivity index (χ1n) is 12.2. The number of benzene rings is 1. The number of anilines is 2. The minimum Gasteiger partial charge on any atom is -0.497 e. The maximum Gasteiger partial charge on any atom is 0.407 e. The lowest BCUT2D eigenvalue weighted by atomic mass is 10.0. The Morgan fingerprint density at radius 1 is 1.19 bits per heavy atom. The normalized spacial score (nSPS) is 19.6. The Balaban J connectivity index is 1.13. The Morgan fingerprint density at radius 3 is 2.72 bits per heavy atom. The summed E-state index contributed by atoms with van der Waals surface area (Å²) >= 11 is 0. The SMILES string of the molecule is COc1ccc2c(c1)NC(=O)C(CCN1CCC(N(Cc3cc4c(cn3)OCCO4)C(=O)O)CC1)N2. The topological polar surface area (TPSA) is 125 Å². The summed E-state index contributed by atoms with van der Waals surface area (Å²) in [5.41, 5.74) is 2.23. The first-order chi connectivity index (χ1) is 17.5. The van der Waals surface area contributed by atoms with Gasteiger partial charge >= 0.3 is 6.09 Å². The van der Waals surface area contributed by atoms with E-state index < -0.39 is 6.09 Å². The Kier molecular flexibility index (Phi) is 6.99. The van der Waals surface area contributed by atoms with Gasteiger partial charge in [0.1, 0.15) is 25.0 Å². The first kappa shape index (κ1) is 24.0. The molecule has 1 aromatic carbocycles. The molecule has 1 saturated heterocycles. The lowest BCUT2D eigenvalue weighted by molar-refractivity contribution is -0.117. The van der Waals surface area contributed by atoms with Crippen LogP contribution in [0.3, 0.4) is 0 Å². The van der Waals surface area contributed by atoms with E-state index in [0.29, 0.717) is 42.6 Å². The molecule has 3 aliphatic heterocycles. The Labute approximate surface area is 209 Å². The quantitative estimate of drug-likeness (QED) is 0.529. The molecule has 0 saturated carbocycles. The Bertz CT molecular complexity index is 1120. The van der Waals surface area contributed by atoms with Crippen LogP contribution < -0.4 is 24.8 Å². The van der Waals surface area contributed by atoms with Gasteiger partial charge in [-0.1, -0.05) is 0 Å². The van der Waals surface area contributed by atoms with Crippen molar-refractivity contribution in [1.29, 1.82) is 0 Å². The summed E-state index contributed by atoms with van der Waals surface area (Å²) in [5.74, 6) is 1.82. The van der Waals surface area contributed by atoms with Crippen molar-refractivity contribution in [2.45, 2.75) is 37.9 Å². The van der Waals surface area contributed by atoms with E-state index in [1.165, 1.54) is 4.90 Å². The number of fused-ring (bicyclic) bond motifs is 2. The lowest BCUT2D eigenvalue weighted by Gasteiger charge is -2.38. The number of carboxylic acid groups (broad SMARTS) is 1. The second-order valence-electron chi connectivity index (χ2n) is 9.19. The number of likely N-dealkylation sites (tertiary alicyclic amines) is 1. The summed E-state index contributed by atoms with van der Waals surface area (Å²) < 4.78 is 16.3. The summed E-state index contributed by atoms with van der Waals surface area (Å²) in [6.45, 7) is 3.44. The smallest absolute Gasteiger partial charge is 0.407 e. The number of hydrogen-bond donors (Lipinski definition) is 3. The molecule has 1 fully saturated rings. The predicted octanol–water partition coefficient (Wildman–Crippen LogP) is 2.63. The third-order valence-corrected chi connectivity index (χ3v) is 6.93. The molecule has 11 heteroatoms. The molecule has 0 aliphatic carbocycles. The number of nitrogens with zero attached hydrogens (tertiary/aromatic N) is 3. The largest absolute Gasteiger partial charge is 0.497 e. The van der Waals surface area contributed by atoms with Gasteiger partial charge < -0.3 is 34.9 Å². The van der Waals surface area contributed by atoms with Gasteiger partial charge in [0, 0.05) is 37.8 Å². The average Bonchev–Trinajstić information content (AvgIpc) is 2.90. The molecule has 2 aromatic rings. The van der Waals surface area contributed by atoms with Gasteiger partial charge in [-0.25, -0.2) is 4.79 Å². The molecular formula is C25H31N5O6. The fourth-order valence-electron chi connectivity index (χ4n) is 4.93. The van der Waals surface area contributed by atoms with Crippen LogP contribution in [-0.2, 0) is 11.3 Å². The van der Waals surface area contributed by atoms with E-state index in [2.05, 4.69) is 20.5 Å². The Hall–Kier alpha value is -3.73. The van der Waals surface area contributed by atoms with Crippen molar-refractivity contribution in [3.63, 3.8) is 0 Å². The van der Waals surface area contributed by atoms with Gasteiger partial charge in [0.2, 0.25) is 5.91 Å². The highest BCUT2D eigenvalue weighted by Gasteiger charge is 2.30. The maximum absolute atomic E-state index is 12.6. The lowest BCUT2D eigenvalue weighted by Crippen LogP contribution is -2.48. The standard InChI is InChI=1S/C25H31N5O6/c1-34-18-2-3-19-21(13-18)28-24(31)20(27-19)6-9-29-7-4-17(5-8-29)30(25(32)33)15-16-12-22-23(14-26-16)36-11-10-35-22/h2-3,12-14,17,20,27H,4-11,15H2,1H3,(H,28,31)(H,32,33). The first-order valence-corrected chi connectivity index (χ1v) is 12.2. The van der Waals surface area contributed by atoms with Gasteiger partial charge in [0.05, 0.1) is 36.9 Å². The van der Waals surface area contributed by atoms with Gasteiger partial charge in [-0.15, -0.1) is 0 Å². The number of piperidine rings is 1. The number of carbonyl (C=O) groups excluding carboxylic acids is 1. The van der Waals surface area contributed by atoms with Crippen LogP contribution in [-0.4, -0.2) is 83.9 Å². The second kappa shape index (κ2) is 10.5. The number of methoxy groups -OCH3 is 1. The molecule has 4 heterocycles. The molecule has 5 rings (SSSR count). The molecule has 3 aliphatic rings. The number of rotatable bonds is 7. The van der Waals surface area contributed by atoms with Crippen LogP contribution in [0.4, 0.5) is 16.2 Å². The fraction of sp³-hybridized carbons (Fsp3) is 0.480. The maximum atomic E-state index is 12.6. The highest BCUT2D eigenvalue weighted by atomic mass is 16.6. The van der Waals surface area contributed by atoms with Gasteiger partial charge in [0.15, 0.2) is 11.5 Å². The Morgan fingerprint density at radius 2 is 1.97 bits per heavy atom. The second-order valence-corrected chi connectivity index (χ2v) is 9.19. The number of carbonyl (C=O) groups is 2. The highest BCUT2D eigenvalue weighted by molar-refractivity contribution is 6.03. The average molecular weight is 498 g/mol. The monoisotopic (exact) mass is 497 g/mol. The van der Waals surface area contributed by atoms with E-state index in [-0.39, 0.29) is 24.5 Å². The number of amides is 2. The molecule has 2 amide bonds. The molecule has 3 N–H and O–H groups in total. The van der Waals surface area contributed by atoms with Crippen molar-refractivity contribution in [3.05, 3.63) is 36.2 Å². The van der Waals surface area contributed by atoms with Crippen LogP contribution in [0, 0.1) is 0 Å². The molecule has 1 unspecified atom stereocenters. The highest BCUT2D eigenvalue weighted by Crippen LogP contribution is 2.32. The zero-order chi connectivity index (χ0) is 25.1. The van der Waals surface area contributed by atoms with E-state index in [9.17, 15) is 14.7 Å². The van der Waals surface area contributed by atoms with E-state index in [0.717, 1.165) is 43.9 Å². The van der Waals surface area contributed by atoms with Crippen molar-refractivity contribution < 1.29 is 28.9 Å². The molecule has 36 heavy (non-hydrogen) atoms. The van der Waals surface area contributed by atoms with Crippen LogP contribution in [0.25, 0.3) is 0 Å². The van der Waals surface area contributed by atoms with E-state index >= 15 is 0 Å². The van der Waals surface area contributed by atoms with Gasteiger partial charge in [-0.05, 0) is 31.4 Å². The molecule has 1 atom stereocenters. The van der Waals surface area contributed by atoms with Crippen molar-refractivity contribution >= 4 is 23.4 Å². The number of hydrogen-bond acceptors (Lipinski definition) is 8. The third-order valence-electron chi connectivity index (χ3n) is 6.93. The van der Waals surface area contributed by atoms with Crippen LogP contribution in [0.5, 0.6) is 17.2 Å². The van der Waals surface area contributed by atoms with Crippen LogP contribution in [0.1, 0.15) is 25.0 Å². The van der Waals surface area contributed by atoms with Gasteiger partial charge in [-0.3, -0.25) is 14.7 Å². The molecule has 0 spiro atoms. The van der Waals surface area contributed by atoms with Gasteiger partial charge in [-0.2, -0.15) is 0 Å². The minimum absolute atomic E-state index is 0.0605. The number of pyridine rings is 1. The summed E-state index contributed by atoms with van der Waals surface area (Å²) in [6, 6.07) is 6.92. The molecule has 11 nitrogen and oxygen atoms in total. The number of nitrogens with one attached hydrogen (secondary N) is 2. The molecule has 0 bridgehead atoms. The van der Waals surface area contributed by atoms with Crippen LogP contribution in [0.15, 0.2) is 30.5 Å². The van der Waals surface area contributed by atoms with Crippen molar-refractivity contribution in [2.24, 2.45) is 0 Å². The summed E-state index contributed by atoms with van der Waals surface area (Å²) in [7, 11) is 1.59. The summed E-state index contributed by atoms with van der Waals surface area (Å²) in [5, 5.41) is 16.2. The van der Waals surface area contributed by atoms with Crippen LogP contribution in [0.2, 0.25) is 0 Å². The van der Waals surface area contributed by atoms with E-state index in [1.54, 1.807) is 25.4 Å². The van der Waals surface area contributed by atoms with Crippen LogP contribution >= 0.6 is 0 Å². The van der Waals surface area contributed by atoms with E-state index in [4.69, 9.17) is 14.2 Å². The zero-order valence-corrected chi connectivity index (χ0v) is 20.2. The fourth-order valence-corrected chi connectivity index (χ4v) is 4.93. The summed E-state index contributed by atoms with van der Waals surface area (Å²) in [4.78, 5) is 32.8. The number of ether oxygens (including phenoxy) is 3. The van der Waals surface area contributed by atoms with Crippen molar-refractivity contribution in [3.8, 4) is 17.2 Å².